The molecule has 0 unspecified atom stereocenters. The lowest BCUT2D eigenvalue weighted by atomic mass is 10.1. The molecule has 1 atom stereocenters. The zero-order valence-corrected chi connectivity index (χ0v) is 14.5. The molecule has 26 heavy (non-hydrogen) atoms. The molecule has 0 aliphatic rings. The van der Waals surface area contributed by atoms with Crippen molar-refractivity contribution in [1.82, 2.24) is 0 Å². The Labute approximate surface area is 153 Å². The summed E-state index contributed by atoms with van der Waals surface area (Å²) in [7, 11) is 0. The Kier molecular flexibility index (Phi) is 6.10. The molecule has 0 aliphatic heterocycles. The molecule has 0 spiro atoms. The average Bonchev–Trinajstić information content (AvgIpc) is 2.98. The van der Waals surface area contributed by atoms with Gasteiger partial charge in [-0.15, -0.1) is 11.3 Å². The molecule has 0 fully saturated rings. The highest BCUT2D eigenvalue weighted by molar-refractivity contribution is 7.20. The Morgan fingerprint density at radius 1 is 1.19 bits per heavy atom. The number of carboxylic acids is 1. The third-order valence-electron chi connectivity index (χ3n) is 3.45. The quantitative estimate of drug-likeness (QED) is 0.498. The number of carbonyl (C=O) groups excluding carboxylic acids is 2. The lowest BCUT2D eigenvalue weighted by Crippen LogP contribution is -2.29. The molecule has 2 rings (SSSR count). The van der Waals surface area contributed by atoms with Crippen molar-refractivity contribution in [3.05, 3.63) is 47.5 Å². The van der Waals surface area contributed by atoms with E-state index in [1.807, 2.05) is 24.3 Å². The zero-order chi connectivity index (χ0) is 19.3. The Morgan fingerprint density at radius 3 is 2.38 bits per heavy atom. The number of benzene rings is 1. The topological polar surface area (TPSA) is 162 Å². The first kappa shape index (κ1) is 19.2. The van der Waals surface area contributed by atoms with Crippen LogP contribution in [0.2, 0.25) is 0 Å². The summed E-state index contributed by atoms with van der Waals surface area (Å²) in [6, 6.07) is 7.23. The van der Waals surface area contributed by atoms with Gasteiger partial charge in [-0.2, -0.15) is 0 Å². The molecule has 9 heteroatoms. The number of anilines is 1. The van der Waals surface area contributed by atoms with Gasteiger partial charge in [-0.25, -0.2) is 4.79 Å². The van der Waals surface area contributed by atoms with Crippen molar-refractivity contribution in [2.75, 3.05) is 5.32 Å². The summed E-state index contributed by atoms with van der Waals surface area (Å²) in [6.07, 6.45) is 3.70. The maximum atomic E-state index is 11.5. The van der Waals surface area contributed by atoms with Gasteiger partial charge in [-0.05, 0) is 23.6 Å². The Balaban J connectivity index is 2.17. The number of nitrogens with one attached hydrogen (secondary N) is 1. The molecule has 1 heterocycles. The SMILES string of the molecule is NC(=O)Nc1sc(-c2ccc(C=CC[C@H](N)C(=O)O)cc2)cc1C(N)=O. The van der Waals surface area contributed by atoms with Crippen molar-refractivity contribution in [3.8, 4) is 10.4 Å². The van der Waals surface area contributed by atoms with Crippen molar-refractivity contribution in [2.24, 2.45) is 17.2 Å². The van der Waals surface area contributed by atoms with E-state index in [4.69, 9.17) is 22.3 Å². The molecule has 0 radical (unpaired) electrons. The van der Waals surface area contributed by atoms with Gasteiger partial charge in [0.2, 0.25) is 0 Å². The molecule has 0 aliphatic carbocycles. The summed E-state index contributed by atoms with van der Waals surface area (Å²) in [6.45, 7) is 0. The predicted molar refractivity (Wildman–Crippen MR) is 101 cm³/mol. The molecule has 8 N–H and O–H groups in total. The molecule has 0 saturated carbocycles. The van der Waals surface area contributed by atoms with Gasteiger partial charge >= 0.3 is 12.0 Å². The van der Waals surface area contributed by atoms with Gasteiger partial charge in [0.05, 0.1) is 5.56 Å². The van der Waals surface area contributed by atoms with Crippen LogP contribution in [0.25, 0.3) is 16.5 Å². The van der Waals surface area contributed by atoms with Crippen LogP contribution in [-0.4, -0.2) is 29.1 Å². The van der Waals surface area contributed by atoms with Gasteiger partial charge in [0.25, 0.3) is 5.91 Å². The first-order valence-electron chi connectivity index (χ1n) is 7.53. The number of primary amides is 2. The number of urea groups is 1. The van der Waals surface area contributed by atoms with Gasteiger partial charge < -0.3 is 22.3 Å². The molecular weight excluding hydrogens is 356 g/mol. The van der Waals surface area contributed by atoms with E-state index in [-0.39, 0.29) is 12.0 Å². The number of hydrogen-bond acceptors (Lipinski definition) is 5. The van der Waals surface area contributed by atoms with E-state index in [0.29, 0.717) is 5.00 Å². The molecular formula is C17H18N4O4S. The Hall–Kier alpha value is -3.17. The van der Waals surface area contributed by atoms with E-state index >= 15 is 0 Å². The highest BCUT2D eigenvalue weighted by Crippen LogP contribution is 2.35. The van der Waals surface area contributed by atoms with Crippen LogP contribution in [-0.2, 0) is 4.79 Å². The second-order valence-corrected chi connectivity index (χ2v) is 6.46. The second-order valence-electron chi connectivity index (χ2n) is 5.41. The largest absolute Gasteiger partial charge is 0.480 e. The van der Waals surface area contributed by atoms with Crippen molar-refractivity contribution < 1.29 is 19.5 Å². The highest BCUT2D eigenvalue weighted by Gasteiger charge is 2.16. The van der Waals surface area contributed by atoms with Crippen LogP contribution >= 0.6 is 11.3 Å². The van der Waals surface area contributed by atoms with Crippen molar-refractivity contribution in [2.45, 2.75) is 12.5 Å². The van der Waals surface area contributed by atoms with Crippen molar-refractivity contribution in [3.63, 3.8) is 0 Å². The summed E-state index contributed by atoms with van der Waals surface area (Å²) < 4.78 is 0. The fraction of sp³-hybridized carbons (Fsp3) is 0.118. The van der Waals surface area contributed by atoms with Crippen LogP contribution in [0.15, 0.2) is 36.4 Å². The molecule has 1 aromatic carbocycles. The molecule has 8 nitrogen and oxygen atoms in total. The minimum atomic E-state index is -1.05. The van der Waals surface area contributed by atoms with Gasteiger partial charge in [-0.1, -0.05) is 36.4 Å². The predicted octanol–water partition coefficient (Wildman–Crippen LogP) is 1.82. The van der Waals surface area contributed by atoms with E-state index in [9.17, 15) is 14.4 Å². The fourth-order valence-corrected chi connectivity index (χ4v) is 3.20. The molecule has 1 aromatic heterocycles. The Bertz CT molecular complexity index is 858. The number of aliphatic carboxylic acids is 1. The number of hydrogen-bond donors (Lipinski definition) is 5. The van der Waals surface area contributed by atoms with Crippen LogP contribution in [0.5, 0.6) is 0 Å². The summed E-state index contributed by atoms with van der Waals surface area (Å²) >= 11 is 1.19. The first-order chi connectivity index (χ1) is 12.3. The lowest BCUT2D eigenvalue weighted by Gasteiger charge is -2.01. The molecule has 2 aromatic rings. The number of thiophene rings is 1. The minimum absolute atomic E-state index is 0.190. The molecule has 136 valence electrons. The number of carbonyl (C=O) groups is 3. The van der Waals surface area contributed by atoms with Crippen LogP contribution < -0.4 is 22.5 Å². The van der Waals surface area contributed by atoms with E-state index in [0.717, 1.165) is 16.0 Å². The smallest absolute Gasteiger partial charge is 0.320 e. The summed E-state index contributed by atoms with van der Waals surface area (Å²) in [5, 5.41) is 11.4. The lowest BCUT2D eigenvalue weighted by molar-refractivity contribution is -0.138. The van der Waals surface area contributed by atoms with Crippen molar-refractivity contribution >= 4 is 40.3 Å². The highest BCUT2D eigenvalue weighted by atomic mass is 32.1. The van der Waals surface area contributed by atoms with Crippen LogP contribution in [0.1, 0.15) is 22.3 Å². The average molecular weight is 374 g/mol. The third-order valence-corrected chi connectivity index (χ3v) is 4.55. The normalized spacial score (nSPS) is 12.0. The maximum Gasteiger partial charge on any atom is 0.320 e. The summed E-state index contributed by atoms with van der Waals surface area (Å²) in [5.41, 5.74) is 17.7. The number of rotatable bonds is 7. The third kappa shape index (κ3) is 4.91. The zero-order valence-electron chi connectivity index (χ0n) is 13.6. The Morgan fingerprint density at radius 2 is 1.85 bits per heavy atom. The standard InChI is InChI=1S/C17H18N4O4S/c18-12(16(23)24)3-1-2-9-4-6-10(7-5-9)13-8-11(14(19)22)15(26-13)21-17(20)25/h1-2,4-8,12H,3,18H2,(H2,19,22)(H,23,24)(H3,20,21,25)/t12-/m0/s1. The van der Waals surface area contributed by atoms with Crippen molar-refractivity contribution in [1.29, 1.82) is 0 Å². The number of nitrogens with two attached hydrogens (primary N) is 3. The second kappa shape index (κ2) is 8.28. The minimum Gasteiger partial charge on any atom is -0.480 e. The monoisotopic (exact) mass is 374 g/mol. The fourth-order valence-electron chi connectivity index (χ4n) is 2.13. The summed E-state index contributed by atoms with van der Waals surface area (Å²) in [5.74, 6) is -1.71. The number of carboxylic acid groups (broad SMARTS) is 1. The van der Waals surface area contributed by atoms with E-state index < -0.39 is 23.9 Å². The van der Waals surface area contributed by atoms with Gasteiger partial charge in [-0.3, -0.25) is 14.9 Å². The van der Waals surface area contributed by atoms with Gasteiger partial charge in [0, 0.05) is 4.88 Å². The maximum absolute atomic E-state index is 11.5. The van der Waals surface area contributed by atoms with Crippen LogP contribution in [0, 0.1) is 0 Å². The van der Waals surface area contributed by atoms with E-state index in [1.54, 1.807) is 18.2 Å². The molecule has 3 amide bonds. The van der Waals surface area contributed by atoms with Crippen LogP contribution in [0.3, 0.4) is 0 Å². The van der Waals surface area contributed by atoms with Crippen LogP contribution in [0.4, 0.5) is 9.80 Å². The number of amides is 3. The molecule has 0 bridgehead atoms. The van der Waals surface area contributed by atoms with Gasteiger partial charge in [0.1, 0.15) is 11.0 Å². The van der Waals surface area contributed by atoms with E-state index in [1.165, 1.54) is 11.3 Å². The van der Waals surface area contributed by atoms with E-state index in [2.05, 4.69) is 5.32 Å². The van der Waals surface area contributed by atoms with Gasteiger partial charge in [0.15, 0.2) is 0 Å². The summed E-state index contributed by atoms with van der Waals surface area (Å²) in [4.78, 5) is 33.9. The molecule has 0 saturated heterocycles. The first-order valence-corrected chi connectivity index (χ1v) is 8.35.